The van der Waals surface area contributed by atoms with E-state index in [1.165, 1.54) is 0 Å². The number of carbonyl (C=O) groups is 1. The Morgan fingerprint density at radius 3 is 2.47 bits per heavy atom. The highest BCUT2D eigenvalue weighted by Crippen LogP contribution is 2.27. The van der Waals surface area contributed by atoms with Gasteiger partial charge in [-0.1, -0.05) is 0 Å². The van der Waals surface area contributed by atoms with Crippen LogP contribution in [0, 0.1) is 0 Å². The van der Waals surface area contributed by atoms with E-state index >= 15 is 0 Å². The molecule has 0 heterocycles. The SMILES string of the molecule is O=C(OCC(F)(F)F)N(CCO)C1CC1. The Morgan fingerprint density at radius 2 is 2.07 bits per heavy atom. The molecule has 0 aromatic carbocycles. The molecule has 0 aromatic heterocycles. The van der Waals surface area contributed by atoms with Crippen molar-refractivity contribution in [3.8, 4) is 0 Å². The molecule has 1 rings (SSSR count). The summed E-state index contributed by atoms with van der Waals surface area (Å²) in [7, 11) is 0. The van der Waals surface area contributed by atoms with E-state index in [1.807, 2.05) is 0 Å². The summed E-state index contributed by atoms with van der Waals surface area (Å²) in [4.78, 5) is 12.3. The third kappa shape index (κ3) is 4.37. The number of hydrogen-bond donors (Lipinski definition) is 1. The lowest BCUT2D eigenvalue weighted by atomic mass is 10.5. The number of hydrogen-bond acceptors (Lipinski definition) is 3. The maximum Gasteiger partial charge on any atom is 0.422 e. The molecule has 0 aliphatic heterocycles. The van der Waals surface area contributed by atoms with Crippen molar-refractivity contribution in [1.82, 2.24) is 4.90 Å². The van der Waals surface area contributed by atoms with Gasteiger partial charge in [-0.3, -0.25) is 0 Å². The number of ether oxygens (including phenoxy) is 1. The van der Waals surface area contributed by atoms with E-state index < -0.39 is 18.9 Å². The smallest absolute Gasteiger partial charge is 0.422 e. The molecule has 4 nitrogen and oxygen atoms in total. The largest absolute Gasteiger partial charge is 0.440 e. The first kappa shape index (κ1) is 12.1. The van der Waals surface area contributed by atoms with Crippen LogP contribution in [0.4, 0.5) is 18.0 Å². The summed E-state index contributed by atoms with van der Waals surface area (Å²) < 4.78 is 39.3. The van der Waals surface area contributed by atoms with Gasteiger partial charge in [0.25, 0.3) is 0 Å². The van der Waals surface area contributed by atoms with Crippen molar-refractivity contribution in [2.24, 2.45) is 0 Å². The van der Waals surface area contributed by atoms with Crippen LogP contribution in [0.25, 0.3) is 0 Å². The highest BCUT2D eigenvalue weighted by atomic mass is 19.4. The lowest BCUT2D eigenvalue weighted by Crippen LogP contribution is -2.37. The Morgan fingerprint density at radius 1 is 1.47 bits per heavy atom. The normalized spacial score (nSPS) is 16.3. The van der Waals surface area contributed by atoms with Crippen molar-refractivity contribution in [1.29, 1.82) is 0 Å². The first-order valence-electron chi connectivity index (χ1n) is 4.55. The molecule has 0 atom stereocenters. The van der Waals surface area contributed by atoms with Crippen LogP contribution in [0.5, 0.6) is 0 Å². The van der Waals surface area contributed by atoms with Crippen LogP contribution in [0.15, 0.2) is 0 Å². The fraction of sp³-hybridized carbons (Fsp3) is 0.875. The number of alkyl halides is 3. The van der Waals surface area contributed by atoms with Gasteiger partial charge in [0.2, 0.25) is 0 Å². The maximum absolute atomic E-state index is 11.7. The second-order valence-corrected chi connectivity index (χ2v) is 3.32. The lowest BCUT2D eigenvalue weighted by Gasteiger charge is -2.20. The second kappa shape index (κ2) is 4.69. The van der Waals surface area contributed by atoms with Gasteiger partial charge >= 0.3 is 12.3 Å². The van der Waals surface area contributed by atoms with Gasteiger partial charge in [0.05, 0.1) is 6.61 Å². The molecule has 1 saturated carbocycles. The molecule has 1 fully saturated rings. The van der Waals surface area contributed by atoms with Crippen molar-refractivity contribution >= 4 is 6.09 Å². The average Bonchev–Trinajstić information content (AvgIpc) is 2.92. The molecule has 0 saturated heterocycles. The van der Waals surface area contributed by atoms with Gasteiger partial charge in [0.15, 0.2) is 6.61 Å². The predicted molar refractivity (Wildman–Crippen MR) is 44.2 cm³/mol. The van der Waals surface area contributed by atoms with Gasteiger partial charge in [-0.25, -0.2) is 4.79 Å². The second-order valence-electron chi connectivity index (χ2n) is 3.32. The molecule has 15 heavy (non-hydrogen) atoms. The highest BCUT2D eigenvalue weighted by Gasteiger charge is 2.36. The summed E-state index contributed by atoms with van der Waals surface area (Å²) in [6.07, 6.45) is -4.02. The van der Waals surface area contributed by atoms with Crippen molar-refractivity contribution < 1.29 is 27.8 Å². The fourth-order valence-corrected chi connectivity index (χ4v) is 1.14. The van der Waals surface area contributed by atoms with Crippen LogP contribution >= 0.6 is 0 Å². The molecule has 0 unspecified atom stereocenters. The predicted octanol–water partition coefficient (Wildman–Crippen LogP) is 1.14. The topological polar surface area (TPSA) is 49.8 Å². The molecule has 0 bridgehead atoms. The molecular formula is C8H12F3NO3. The molecule has 7 heteroatoms. The van der Waals surface area contributed by atoms with Crippen LogP contribution in [0.1, 0.15) is 12.8 Å². The first-order valence-corrected chi connectivity index (χ1v) is 4.55. The van der Waals surface area contributed by atoms with Crippen LogP contribution in [0.2, 0.25) is 0 Å². The highest BCUT2D eigenvalue weighted by molar-refractivity contribution is 5.68. The summed E-state index contributed by atoms with van der Waals surface area (Å²) in [6, 6.07) is -0.0714. The zero-order valence-electron chi connectivity index (χ0n) is 7.96. The fourth-order valence-electron chi connectivity index (χ4n) is 1.14. The van der Waals surface area contributed by atoms with E-state index in [2.05, 4.69) is 4.74 Å². The summed E-state index contributed by atoms with van der Waals surface area (Å²) in [5.74, 6) is 0. The van der Waals surface area contributed by atoms with Crippen molar-refractivity contribution in [3.05, 3.63) is 0 Å². The standard InChI is InChI=1S/C8H12F3NO3/c9-8(10,11)5-15-7(14)12(3-4-13)6-1-2-6/h6,13H,1-5H2. The quantitative estimate of drug-likeness (QED) is 0.783. The number of halogens is 3. The number of nitrogens with zero attached hydrogens (tertiary/aromatic N) is 1. The molecule has 1 N–H and O–H groups in total. The van der Waals surface area contributed by atoms with E-state index in [0.717, 1.165) is 17.7 Å². The Kier molecular flexibility index (Phi) is 3.78. The maximum atomic E-state index is 11.7. The number of aliphatic hydroxyl groups is 1. The monoisotopic (exact) mass is 227 g/mol. The van der Waals surface area contributed by atoms with Gasteiger partial charge in [-0.2, -0.15) is 13.2 Å². The molecule has 1 aliphatic carbocycles. The number of amides is 1. The van der Waals surface area contributed by atoms with E-state index in [9.17, 15) is 18.0 Å². The first-order chi connectivity index (χ1) is 6.94. The summed E-state index contributed by atoms with van der Waals surface area (Å²) in [5, 5.41) is 8.62. The Balaban J connectivity index is 2.35. The average molecular weight is 227 g/mol. The lowest BCUT2D eigenvalue weighted by molar-refractivity contribution is -0.162. The Hall–Kier alpha value is -0.980. The van der Waals surface area contributed by atoms with E-state index in [4.69, 9.17) is 5.11 Å². The number of aliphatic hydroxyl groups excluding tert-OH is 1. The minimum Gasteiger partial charge on any atom is -0.440 e. The number of rotatable bonds is 4. The summed E-state index contributed by atoms with van der Waals surface area (Å²) >= 11 is 0. The van der Waals surface area contributed by atoms with Gasteiger partial charge in [0.1, 0.15) is 0 Å². The molecular weight excluding hydrogens is 215 g/mol. The minimum atomic E-state index is -4.51. The molecule has 0 spiro atoms. The molecule has 0 aromatic rings. The van der Waals surface area contributed by atoms with Gasteiger partial charge in [-0.15, -0.1) is 0 Å². The zero-order chi connectivity index (χ0) is 11.5. The van der Waals surface area contributed by atoms with Gasteiger partial charge in [-0.05, 0) is 12.8 Å². The van der Waals surface area contributed by atoms with Crippen molar-refractivity contribution in [3.63, 3.8) is 0 Å². The van der Waals surface area contributed by atoms with Crippen molar-refractivity contribution in [2.75, 3.05) is 19.8 Å². The number of carbonyl (C=O) groups excluding carboxylic acids is 1. The van der Waals surface area contributed by atoms with Crippen LogP contribution in [-0.4, -0.2) is 48.1 Å². The van der Waals surface area contributed by atoms with Crippen LogP contribution in [-0.2, 0) is 4.74 Å². The molecule has 1 amide bonds. The minimum absolute atomic E-state index is 0.0152. The summed E-state index contributed by atoms with van der Waals surface area (Å²) in [6.45, 7) is -1.85. The molecule has 1 aliphatic rings. The van der Waals surface area contributed by atoms with E-state index in [1.54, 1.807) is 0 Å². The molecule has 0 radical (unpaired) electrons. The van der Waals surface area contributed by atoms with Gasteiger partial charge < -0.3 is 14.7 Å². The van der Waals surface area contributed by atoms with Crippen molar-refractivity contribution in [2.45, 2.75) is 25.1 Å². The summed E-state index contributed by atoms with van der Waals surface area (Å²) in [5.41, 5.74) is 0. The van der Waals surface area contributed by atoms with Crippen LogP contribution in [0.3, 0.4) is 0 Å². The molecule has 88 valence electrons. The Bertz CT molecular complexity index is 228. The van der Waals surface area contributed by atoms with Gasteiger partial charge in [0, 0.05) is 12.6 Å². The third-order valence-electron chi connectivity index (χ3n) is 1.92. The zero-order valence-corrected chi connectivity index (χ0v) is 7.96. The Labute approximate surface area is 84.6 Å². The third-order valence-corrected chi connectivity index (χ3v) is 1.92. The van der Waals surface area contributed by atoms with E-state index in [-0.39, 0.29) is 19.2 Å². The van der Waals surface area contributed by atoms with E-state index in [0.29, 0.717) is 0 Å². The van der Waals surface area contributed by atoms with Crippen LogP contribution < -0.4 is 0 Å².